The van der Waals surface area contributed by atoms with E-state index < -0.39 is 5.97 Å². The van der Waals surface area contributed by atoms with Gasteiger partial charge in [0, 0.05) is 12.1 Å². The number of hydrogen-bond acceptors (Lipinski definition) is 5. The van der Waals surface area contributed by atoms with Crippen molar-refractivity contribution >= 4 is 40.2 Å². The van der Waals surface area contributed by atoms with Crippen LogP contribution in [0.15, 0.2) is 10.4 Å². The van der Waals surface area contributed by atoms with Gasteiger partial charge in [0.05, 0.1) is 16.2 Å². The molecule has 2 amide bonds. The van der Waals surface area contributed by atoms with Crippen LogP contribution >= 0.6 is 23.1 Å². The SMILES string of the molecule is CC(C)(C)C1CCC(N(C(=O)Nc2ncc(SCC(=O)O)s2)C2CCCCCC2)CC1. The normalized spacial score (nSPS) is 23.2. The van der Waals surface area contributed by atoms with Crippen molar-refractivity contribution < 1.29 is 14.7 Å². The maximum absolute atomic E-state index is 13.5. The molecule has 0 radical (unpaired) electrons. The predicted molar refractivity (Wildman–Crippen MR) is 128 cm³/mol. The third-order valence-corrected chi connectivity index (χ3v) is 8.90. The van der Waals surface area contributed by atoms with Crippen molar-refractivity contribution in [1.82, 2.24) is 9.88 Å². The van der Waals surface area contributed by atoms with Gasteiger partial charge in [0.1, 0.15) is 0 Å². The lowest BCUT2D eigenvalue weighted by atomic mass is 9.71. The van der Waals surface area contributed by atoms with Gasteiger partial charge < -0.3 is 10.0 Å². The van der Waals surface area contributed by atoms with Crippen molar-refractivity contribution in [2.75, 3.05) is 11.1 Å². The summed E-state index contributed by atoms with van der Waals surface area (Å²) in [5.41, 5.74) is 0.325. The second kappa shape index (κ2) is 11.0. The number of nitrogens with zero attached hydrogens (tertiary/aromatic N) is 2. The minimum atomic E-state index is -0.852. The number of nitrogens with one attached hydrogen (secondary N) is 1. The van der Waals surface area contributed by atoms with E-state index in [-0.39, 0.29) is 11.8 Å². The molecule has 2 N–H and O–H groups in total. The smallest absolute Gasteiger partial charge is 0.324 e. The Morgan fingerprint density at radius 2 is 1.71 bits per heavy atom. The summed E-state index contributed by atoms with van der Waals surface area (Å²) in [4.78, 5) is 30.7. The number of hydrogen-bond donors (Lipinski definition) is 2. The second-order valence-corrected chi connectivity index (χ2v) is 12.3. The Balaban J connectivity index is 1.69. The maximum atomic E-state index is 13.5. The first-order valence-electron chi connectivity index (χ1n) is 11.6. The zero-order valence-corrected chi connectivity index (χ0v) is 20.7. The fraction of sp³-hybridized carbons (Fsp3) is 0.783. The van der Waals surface area contributed by atoms with Crippen LogP contribution in [0.4, 0.5) is 9.93 Å². The number of thioether (sulfide) groups is 1. The van der Waals surface area contributed by atoms with E-state index in [1.165, 1.54) is 61.6 Å². The van der Waals surface area contributed by atoms with Crippen LogP contribution in [0.25, 0.3) is 0 Å². The Morgan fingerprint density at radius 3 is 2.29 bits per heavy atom. The highest BCUT2D eigenvalue weighted by Crippen LogP contribution is 2.40. The van der Waals surface area contributed by atoms with Gasteiger partial charge in [-0.05, 0) is 49.9 Å². The largest absolute Gasteiger partial charge is 0.481 e. The van der Waals surface area contributed by atoms with Crippen LogP contribution in [0.2, 0.25) is 0 Å². The molecule has 0 aliphatic heterocycles. The molecule has 0 spiro atoms. The van der Waals surface area contributed by atoms with E-state index >= 15 is 0 Å². The Morgan fingerprint density at radius 1 is 1.10 bits per heavy atom. The number of rotatable bonds is 6. The molecular formula is C23H37N3O3S2. The van der Waals surface area contributed by atoms with Crippen LogP contribution in [-0.4, -0.2) is 44.8 Å². The van der Waals surface area contributed by atoms with Gasteiger partial charge in [0.2, 0.25) is 0 Å². The van der Waals surface area contributed by atoms with Gasteiger partial charge in [-0.15, -0.1) is 11.8 Å². The molecule has 174 valence electrons. The average molecular weight is 468 g/mol. The molecule has 3 rings (SSSR count). The number of aromatic nitrogens is 1. The predicted octanol–water partition coefficient (Wildman–Crippen LogP) is 6.48. The van der Waals surface area contributed by atoms with Gasteiger partial charge in [0.25, 0.3) is 0 Å². The summed E-state index contributed by atoms with van der Waals surface area (Å²) in [6.07, 6.45) is 13.2. The lowest BCUT2D eigenvalue weighted by Crippen LogP contribution is -2.50. The van der Waals surface area contributed by atoms with Crippen molar-refractivity contribution in [1.29, 1.82) is 0 Å². The van der Waals surface area contributed by atoms with E-state index in [1.807, 2.05) is 0 Å². The molecular weight excluding hydrogens is 430 g/mol. The third-order valence-electron chi connectivity index (χ3n) is 6.80. The maximum Gasteiger partial charge on any atom is 0.324 e. The third kappa shape index (κ3) is 7.11. The van der Waals surface area contributed by atoms with E-state index in [0.29, 0.717) is 22.6 Å². The van der Waals surface area contributed by atoms with Crippen molar-refractivity contribution in [2.45, 2.75) is 101 Å². The second-order valence-electron chi connectivity index (χ2n) is 10.0. The highest BCUT2D eigenvalue weighted by atomic mass is 32.2. The summed E-state index contributed by atoms with van der Waals surface area (Å²) in [6.45, 7) is 6.99. The summed E-state index contributed by atoms with van der Waals surface area (Å²) in [6, 6.07) is 0.567. The van der Waals surface area contributed by atoms with Gasteiger partial charge in [-0.1, -0.05) is 57.8 Å². The van der Waals surface area contributed by atoms with E-state index in [1.54, 1.807) is 6.20 Å². The number of aliphatic carboxylic acids is 1. The number of anilines is 1. The van der Waals surface area contributed by atoms with Crippen molar-refractivity contribution in [3.8, 4) is 0 Å². The molecule has 1 aromatic rings. The summed E-state index contributed by atoms with van der Waals surface area (Å²) < 4.78 is 0.810. The molecule has 2 fully saturated rings. The minimum Gasteiger partial charge on any atom is -0.481 e. The van der Waals surface area contributed by atoms with Crippen molar-refractivity contribution in [2.24, 2.45) is 11.3 Å². The molecule has 6 nitrogen and oxygen atoms in total. The molecule has 0 saturated heterocycles. The van der Waals surface area contributed by atoms with Gasteiger partial charge in [-0.25, -0.2) is 9.78 Å². The average Bonchev–Trinajstić information content (AvgIpc) is 2.98. The number of thiazole rings is 1. The highest BCUT2D eigenvalue weighted by molar-refractivity contribution is 8.01. The van der Waals surface area contributed by atoms with Gasteiger partial charge in [-0.2, -0.15) is 0 Å². The van der Waals surface area contributed by atoms with Crippen LogP contribution in [0.1, 0.15) is 85.0 Å². The van der Waals surface area contributed by atoms with Crippen LogP contribution in [0, 0.1) is 11.3 Å². The number of amides is 2. The summed E-state index contributed by atoms with van der Waals surface area (Å²) in [5, 5.41) is 12.5. The Bertz CT molecular complexity index is 731. The molecule has 0 bridgehead atoms. The zero-order valence-electron chi connectivity index (χ0n) is 19.1. The Hall–Kier alpha value is -1.28. The summed E-state index contributed by atoms with van der Waals surface area (Å²) in [5.74, 6) is -0.134. The molecule has 1 aromatic heterocycles. The topological polar surface area (TPSA) is 82.5 Å². The van der Waals surface area contributed by atoms with Crippen LogP contribution in [0.5, 0.6) is 0 Å². The molecule has 8 heteroatoms. The summed E-state index contributed by atoms with van der Waals surface area (Å²) >= 11 is 2.59. The van der Waals surface area contributed by atoms with E-state index in [9.17, 15) is 9.59 Å². The monoisotopic (exact) mass is 467 g/mol. The van der Waals surface area contributed by atoms with Crippen molar-refractivity contribution in [3.63, 3.8) is 0 Å². The highest BCUT2D eigenvalue weighted by Gasteiger charge is 2.36. The van der Waals surface area contributed by atoms with Gasteiger partial charge >= 0.3 is 12.0 Å². The van der Waals surface area contributed by atoms with Crippen molar-refractivity contribution in [3.05, 3.63) is 6.20 Å². The zero-order chi connectivity index (χ0) is 22.4. The molecule has 2 saturated carbocycles. The first-order chi connectivity index (χ1) is 14.7. The number of carboxylic acid groups (broad SMARTS) is 1. The quantitative estimate of drug-likeness (QED) is 0.369. The van der Waals surface area contributed by atoms with Crippen LogP contribution in [-0.2, 0) is 4.79 Å². The molecule has 2 aliphatic rings. The fourth-order valence-corrected chi connectivity index (χ4v) is 6.64. The molecule has 31 heavy (non-hydrogen) atoms. The first-order valence-corrected chi connectivity index (χ1v) is 13.4. The van der Waals surface area contributed by atoms with E-state index in [4.69, 9.17) is 5.11 Å². The Kier molecular flexibility index (Phi) is 8.67. The lowest BCUT2D eigenvalue weighted by Gasteiger charge is -2.43. The molecule has 0 unspecified atom stereocenters. The summed E-state index contributed by atoms with van der Waals surface area (Å²) in [7, 11) is 0. The number of carboxylic acids is 1. The fourth-order valence-electron chi connectivity index (χ4n) is 5.06. The molecule has 0 aromatic carbocycles. The number of urea groups is 1. The number of carbonyl (C=O) groups is 2. The van der Waals surface area contributed by atoms with E-state index in [0.717, 1.165) is 35.8 Å². The molecule has 1 heterocycles. The van der Waals surface area contributed by atoms with Crippen LogP contribution in [0.3, 0.4) is 0 Å². The first kappa shape index (κ1) is 24.4. The molecule has 0 atom stereocenters. The van der Waals surface area contributed by atoms with E-state index in [2.05, 4.69) is 36.0 Å². The Labute approximate surface area is 194 Å². The molecule has 2 aliphatic carbocycles. The minimum absolute atomic E-state index is 0.000790. The van der Waals surface area contributed by atoms with Gasteiger partial charge in [-0.3, -0.25) is 10.1 Å². The lowest BCUT2D eigenvalue weighted by molar-refractivity contribution is -0.133. The number of carbonyl (C=O) groups excluding carboxylic acids is 1. The van der Waals surface area contributed by atoms with Crippen LogP contribution < -0.4 is 5.32 Å². The standard InChI is InChI=1S/C23H37N3O3S2/c1-23(2,3)16-10-12-18(13-11-16)26(17-8-6-4-5-7-9-17)22(29)25-21-24-14-20(31-21)30-15-19(27)28/h14,16-18H,4-13,15H2,1-3H3,(H,27,28)(H,24,25,29). The van der Waals surface area contributed by atoms with Gasteiger partial charge in [0.15, 0.2) is 5.13 Å².